The highest BCUT2D eigenvalue weighted by Gasteiger charge is 2.40. The Morgan fingerprint density at radius 3 is 2.20 bits per heavy atom. The standard InChI is InChI=1S/C29H28F5N5O5/c1-12(2)9-16(35)27(40)39(29(43)37-25-22(33)20(31)19(30)21(32)23(25)34)18(26-36-24(28(41)42)13(3)44-26)10-14-11-38(4)17-8-6-5-7-15(14)17/h5-8,11-12,16,18H,9-10,35H2,1-4H3,(H,37,43)(H,41,42)/t16-,18+/m0/s1. The first-order valence-electron chi connectivity index (χ1n) is 13.3. The zero-order valence-electron chi connectivity index (χ0n) is 23.9. The molecular weight excluding hydrogens is 593 g/mol. The number of para-hydroxylation sites is 1. The maximum absolute atomic E-state index is 14.6. The number of nitrogens with two attached hydrogens (primary N) is 1. The van der Waals surface area contributed by atoms with Gasteiger partial charge in [-0.3, -0.25) is 4.79 Å². The third-order valence-electron chi connectivity index (χ3n) is 6.95. The van der Waals surface area contributed by atoms with Crippen LogP contribution >= 0.6 is 0 Å². The number of aromatic carboxylic acids is 1. The molecule has 0 spiro atoms. The number of anilines is 1. The molecule has 2 aromatic heterocycles. The lowest BCUT2D eigenvalue weighted by Gasteiger charge is -2.31. The summed E-state index contributed by atoms with van der Waals surface area (Å²) in [5, 5.41) is 11.9. The molecule has 0 radical (unpaired) electrons. The predicted molar refractivity (Wildman–Crippen MR) is 147 cm³/mol. The number of nitrogens with one attached hydrogen (secondary N) is 1. The van der Waals surface area contributed by atoms with E-state index < -0.39 is 76.3 Å². The smallest absolute Gasteiger partial charge is 0.358 e. The first kappa shape index (κ1) is 32.1. The van der Waals surface area contributed by atoms with Crippen LogP contribution in [-0.2, 0) is 18.3 Å². The lowest BCUT2D eigenvalue weighted by Crippen LogP contribution is -2.51. The second-order valence-electron chi connectivity index (χ2n) is 10.6. The van der Waals surface area contributed by atoms with Gasteiger partial charge in [-0.05, 0) is 30.9 Å². The number of carboxylic acids is 1. The fourth-order valence-electron chi connectivity index (χ4n) is 4.91. The van der Waals surface area contributed by atoms with Gasteiger partial charge in [0.2, 0.25) is 17.6 Å². The van der Waals surface area contributed by atoms with E-state index in [1.165, 1.54) is 6.92 Å². The number of aromatic nitrogens is 2. The number of imide groups is 1. The second kappa shape index (κ2) is 12.4. The summed E-state index contributed by atoms with van der Waals surface area (Å²) in [6.07, 6.45) is 1.42. The third-order valence-corrected chi connectivity index (χ3v) is 6.95. The summed E-state index contributed by atoms with van der Waals surface area (Å²) < 4.78 is 78.1. The number of amides is 3. The minimum absolute atomic E-state index is 0.0249. The minimum atomic E-state index is -2.45. The van der Waals surface area contributed by atoms with Crippen LogP contribution in [0.3, 0.4) is 0 Å². The van der Waals surface area contributed by atoms with Gasteiger partial charge in [0.15, 0.2) is 29.0 Å². The van der Waals surface area contributed by atoms with E-state index in [1.54, 1.807) is 61.2 Å². The van der Waals surface area contributed by atoms with Crippen molar-refractivity contribution in [3.8, 4) is 0 Å². The number of fused-ring (bicyclic) bond motifs is 1. The largest absolute Gasteiger partial charge is 0.476 e. The first-order chi connectivity index (χ1) is 20.6. The van der Waals surface area contributed by atoms with Crippen LogP contribution in [0.2, 0.25) is 0 Å². The van der Waals surface area contributed by atoms with Crippen molar-refractivity contribution in [2.45, 2.75) is 45.7 Å². The lowest BCUT2D eigenvalue weighted by molar-refractivity contribution is -0.132. The Hall–Kier alpha value is -4.79. The van der Waals surface area contributed by atoms with Crippen LogP contribution in [0.15, 0.2) is 34.9 Å². The molecule has 0 fully saturated rings. The van der Waals surface area contributed by atoms with Crippen molar-refractivity contribution in [1.82, 2.24) is 14.5 Å². The average molecular weight is 622 g/mol. The van der Waals surface area contributed by atoms with Crippen molar-refractivity contribution >= 4 is 34.5 Å². The molecule has 0 aliphatic heterocycles. The van der Waals surface area contributed by atoms with E-state index in [2.05, 4.69) is 4.98 Å². The van der Waals surface area contributed by atoms with E-state index in [0.29, 0.717) is 15.8 Å². The highest BCUT2D eigenvalue weighted by Crippen LogP contribution is 2.33. The van der Waals surface area contributed by atoms with Crippen LogP contribution < -0.4 is 11.1 Å². The molecule has 4 aromatic rings. The number of rotatable bonds is 9. The normalized spacial score (nSPS) is 12.9. The number of hydrogen-bond acceptors (Lipinski definition) is 6. The quantitative estimate of drug-likeness (QED) is 0.126. The average Bonchev–Trinajstić information content (AvgIpc) is 3.51. The number of oxazole rings is 1. The van der Waals surface area contributed by atoms with Crippen molar-refractivity contribution in [2.24, 2.45) is 18.7 Å². The molecule has 3 amide bonds. The summed E-state index contributed by atoms with van der Waals surface area (Å²) in [4.78, 5) is 43.7. The van der Waals surface area contributed by atoms with Gasteiger partial charge in [-0.25, -0.2) is 41.4 Å². The fraction of sp³-hybridized carbons (Fsp3) is 0.310. The molecule has 0 bridgehead atoms. The van der Waals surface area contributed by atoms with E-state index >= 15 is 0 Å². The minimum Gasteiger partial charge on any atom is -0.476 e. The Morgan fingerprint density at radius 2 is 1.64 bits per heavy atom. The van der Waals surface area contributed by atoms with Crippen molar-refractivity contribution in [3.63, 3.8) is 0 Å². The van der Waals surface area contributed by atoms with Crippen LogP contribution in [0, 0.1) is 41.9 Å². The van der Waals surface area contributed by atoms with Crippen molar-refractivity contribution in [3.05, 3.63) is 82.5 Å². The number of halogens is 5. The number of aryl methyl sites for hydroxylation is 2. The molecule has 4 N–H and O–H groups in total. The van der Waals surface area contributed by atoms with Crippen LogP contribution in [-0.4, -0.2) is 43.5 Å². The molecular formula is C29H28F5N5O5. The van der Waals surface area contributed by atoms with Gasteiger partial charge in [-0.15, -0.1) is 0 Å². The number of carbonyl (C=O) groups excluding carboxylic acids is 2. The Bertz CT molecular complexity index is 1740. The molecule has 0 unspecified atom stereocenters. The molecule has 2 aromatic carbocycles. The monoisotopic (exact) mass is 621 g/mol. The van der Waals surface area contributed by atoms with E-state index in [1.807, 2.05) is 0 Å². The zero-order chi connectivity index (χ0) is 32.6. The third kappa shape index (κ3) is 6.00. The highest BCUT2D eigenvalue weighted by atomic mass is 19.2. The number of nitrogens with zero attached hydrogens (tertiary/aromatic N) is 3. The van der Waals surface area contributed by atoms with Gasteiger partial charge in [-0.2, -0.15) is 0 Å². The Kier molecular flexibility index (Phi) is 9.09. The van der Waals surface area contributed by atoms with Crippen molar-refractivity contribution < 1.29 is 45.9 Å². The van der Waals surface area contributed by atoms with Gasteiger partial charge in [0, 0.05) is 30.6 Å². The van der Waals surface area contributed by atoms with Crippen molar-refractivity contribution in [2.75, 3.05) is 5.32 Å². The van der Waals surface area contributed by atoms with Gasteiger partial charge in [0.05, 0.1) is 6.04 Å². The molecule has 234 valence electrons. The molecule has 2 atom stereocenters. The number of carboxylic acid groups (broad SMARTS) is 1. The highest BCUT2D eigenvalue weighted by molar-refractivity contribution is 6.03. The van der Waals surface area contributed by atoms with Crippen LogP contribution in [0.5, 0.6) is 0 Å². The SMILES string of the molecule is Cc1oc([C@@H](Cc2cn(C)c3ccccc23)N(C(=O)Nc2c(F)c(F)c(F)c(F)c2F)C(=O)[C@@H](N)CC(C)C)nc1C(=O)O. The van der Waals surface area contributed by atoms with E-state index in [-0.39, 0.29) is 24.5 Å². The number of benzene rings is 2. The van der Waals surface area contributed by atoms with E-state index in [4.69, 9.17) is 10.2 Å². The number of urea groups is 1. The summed E-state index contributed by atoms with van der Waals surface area (Å²) in [7, 11) is 1.73. The molecule has 4 rings (SSSR count). The van der Waals surface area contributed by atoms with Crippen LogP contribution in [0.4, 0.5) is 32.4 Å². The predicted octanol–water partition coefficient (Wildman–Crippen LogP) is 5.59. The summed E-state index contributed by atoms with van der Waals surface area (Å²) in [5.41, 5.74) is 5.14. The zero-order valence-corrected chi connectivity index (χ0v) is 23.9. The molecule has 2 heterocycles. The van der Waals surface area contributed by atoms with E-state index in [9.17, 15) is 41.4 Å². The molecule has 15 heteroatoms. The Morgan fingerprint density at radius 1 is 1.05 bits per heavy atom. The molecule has 0 aliphatic carbocycles. The Balaban J connectivity index is 1.92. The maximum atomic E-state index is 14.6. The van der Waals surface area contributed by atoms with Gasteiger partial charge in [0.1, 0.15) is 17.5 Å². The van der Waals surface area contributed by atoms with Crippen molar-refractivity contribution in [1.29, 1.82) is 0 Å². The number of hydrogen-bond donors (Lipinski definition) is 3. The van der Waals surface area contributed by atoms with Gasteiger partial charge < -0.3 is 25.1 Å². The van der Waals surface area contributed by atoms with Gasteiger partial charge >= 0.3 is 12.0 Å². The van der Waals surface area contributed by atoms with Crippen LogP contribution in [0.1, 0.15) is 54.0 Å². The summed E-state index contributed by atoms with van der Waals surface area (Å²) in [5.74, 6) is -15.2. The van der Waals surface area contributed by atoms with Gasteiger partial charge in [0.25, 0.3) is 0 Å². The Labute approximate surface area is 247 Å². The molecule has 0 saturated carbocycles. The van der Waals surface area contributed by atoms with Crippen LogP contribution in [0.25, 0.3) is 10.9 Å². The fourth-order valence-corrected chi connectivity index (χ4v) is 4.91. The molecule has 0 aliphatic rings. The summed E-state index contributed by atoms with van der Waals surface area (Å²) in [6, 6.07) is 2.44. The molecule has 44 heavy (non-hydrogen) atoms. The van der Waals surface area contributed by atoms with Gasteiger partial charge in [-0.1, -0.05) is 32.0 Å². The first-order valence-corrected chi connectivity index (χ1v) is 13.3. The molecule has 10 nitrogen and oxygen atoms in total. The second-order valence-corrected chi connectivity index (χ2v) is 10.6. The number of carbonyl (C=O) groups is 3. The summed E-state index contributed by atoms with van der Waals surface area (Å²) in [6.45, 7) is 4.74. The topological polar surface area (TPSA) is 144 Å². The lowest BCUT2D eigenvalue weighted by atomic mass is 10.00. The van der Waals surface area contributed by atoms with E-state index in [0.717, 1.165) is 5.52 Å². The summed E-state index contributed by atoms with van der Waals surface area (Å²) >= 11 is 0. The maximum Gasteiger partial charge on any atom is 0.358 e. The molecule has 0 saturated heterocycles.